The Balaban J connectivity index is 1.65. The Kier molecular flexibility index (Phi) is 4.74. The van der Waals surface area contributed by atoms with Crippen LogP contribution in [0.4, 0.5) is 4.39 Å². The zero-order chi connectivity index (χ0) is 16.2. The molecule has 1 aliphatic carbocycles. The van der Waals surface area contributed by atoms with E-state index in [4.69, 9.17) is 4.42 Å². The maximum atomic E-state index is 13.0. The van der Waals surface area contributed by atoms with Crippen LogP contribution < -0.4 is 5.32 Å². The molecule has 0 aliphatic heterocycles. The molecular weight excluding hydrogens is 295 g/mol. The minimum atomic E-state index is -0.219. The maximum Gasteiger partial charge on any atom is 0.273 e. The molecule has 1 aromatic heterocycles. The van der Waals surface area contributed by atoms with Gasteiger partial charge in [-0.25, -0.2) is 9.37 Å². The molecule has 1 N–H and O–H groups in total. The van der Waals surface area contributed by atoms with Crippen LogP contribution in [0.3, 0.4) is 0 Å². The highest BCUT2D eigenvalue weighted by Gasteiger charge is 2.30. The van der Waals surface area contributed by atoms with Crippen LogP contribution in [0.25, 0.3) is 0 Å². The summed E-state index contributed by atoms with van der Waals surface area (Å²) in [5, 5.41) is 3.10. The van der Waals surface area contributed by atoms with Crippen LogP contribution in [0.15, 0.2) is 35.1 Å². The van der Waals surface area contributed by atoms with E-state index in [1.54, 1.807) is 0 Å². The van der Waals surface area contributed by atoms with E-state index in [1.165, 1.54) is 18.5 Å². The van der Waals surface area contributed by atoms with Gasteiger partial charge in [0.2, 0.25) is 0 Å². The summed E-state index contributed by atoms with van der Waals surface area (Å²) in [6.45, 7) is 1.93. The Morgan fingerprint density at radius 3 is 2.87 bits per heavy atom. The predicted octanol–water partition coefficient (Wildman–Crippen LogP) is 3.52. The maximum absolute atomic E-state index is 13.0. The fourth-order valence-corrected chi connectivity index (χ4v) is 3.34. The molecule has 0 bridgehead atoms. The van der Waals surface area contributed by atoms with Crippen molar-refractivity contribution in [2.75, 3.05) is 0 Å². The third kappa shape index (κ3) is 3.60. The van der Waals surface area contributed by atoms with Crippen LogP contribution in [-0.4, -0.2) is 16.9 Å². The summed E-state index contributed by atoms with van der Waals surface area (Å²) < 4.78 is 18.2. The summed E-state index contributed by atoms with van der Waals surface area (Å²) in [6.07, 6.45) is 5.95. The summed E-state index contributed by atoms with van der Waals surface area (Å²) in [6, 6.07) is 6.74. The number of aryl methyl sites for hydroxylation is 1. The molecule has 5 heteroatoms. The van der Waals surface area contributed by atoms with Gasteiger partial charge in [0.25, 0.3) is 5.91 Å². The molecule has 23 heavy (non-hydrogen) atoms. The van der Waals surface area contributed by atoms with Crippen molar-refractivity contribution >= 4 is 5.91 Å². The number of benzene rings is 1. The number of halogens is 1. The zero-order valence-electron chi connectivity index (χ0n) is 13.2. The molecule has 1 heterocycles. The van der Waals surface area contributed by atoms with Crippen LogP contribution in [-0.2, 0) is 12.8 Å². The molecule has 3 rings (SSSR count). The summed E-state index contributed by atoms with van der Waals surface area (Å²) >= 11 is 0. The van der Waals surface area contributed by atoms with Gasteiger partial charge in [-0.05, 0) is 42.9 Å². The van der Waals surface area contributed by atoms with Crippen LogP contribution in [0.5, 0.6) is 0 Å². The number of amides is 1. The molecule has 1 aliphatic rings. The van der Waals surface area contributed by atoms with E-state index >= 15 is 0 Å². The van der Waals surface area contributed by atoms with Gasteiger partial charge >= 0.3 is 0 Å². The van der Waals surface area contributed by atoms with E-state index in [9.17, 15) is 9.18 Å². The number of nitrogens with zero attached hydrogens (tertiary/aromatic N) is 1. The SMILES string of the molecule is CCc1ocnc1C(=O)N[C@@H]1CCC[C@@H]1Cc1ccc(F)cc1. The summed E-state index contributed by atoms with van der Waals surface area (Å²) in [7, 11) is 0. The van der Waals surface area contributed by atoms with Crippen LogP contribution in [0, 0.1) is 11.7 Å². The van der Waals surface area contributed by atoms with E-state index in [1.807, 2.05) is 19.1 Å². The predicted molar refractivity (Wildman–Crippen MR) is 84.6 cm³/mol. The number of nitrogens with one attached hydrogen (secondary N) is 1. The van der Waals surface area contributed by atoms with Gasteiger partial charge in [0.1, 0.15) is 11.6 Å². The largest absolute Gasteiger partial charge is 0.448 e. The first-order chi connectivity index (χ1) is 11.2. The average Bonchev–Trinajstić information content (AvgIpc) is 3.19. The van der Waals surface area contributed by atoms with Crippen molar-refractivity contribution in [3.63, 3.8) is 0 Å². The normalized spacial score (nSPS) is 20.6. The van der Waals surface area contributed by atoms with E-state index in [0.29, 0.717) is 23.8 Å². The molecule has 0 saturated heterocycles. The Morgan fingerprint density at radius 1 is 1.35 bits per heavy atom. The molecule has 2 aromatic rings. The highest BCUT2D eigenvalue weighted by molar-refractivity contribution is 5.93. The van der Waals surface area contributed by atoms with E-state index < -0.39 is 0 Å². The monoisotopic (exact) mass is 316 g/mol. The minimum Gasteiger partial charge on any atom is -0.448 e. The molecular formula is C18H21FN2O2. The van der Waals surface area contributed by atoms with Crippen molar-refractivity contribution in [1.29, 1.82) is 0 Å². The second-order valence-electron chi connectivity index (χ2n) is 6.08. The second-order valence-corrected chi connectivity index (χ2v) is 6.08. The van der Waals surface area contributed by atoms with E-state index in [0.717, 1.165) is 31.2 Å². The number of rotatable bonds is 5. The Hall–Kier alpha value is -2.17. The molecule has 0 spiro atoms. The van der Waals surface area contributed by atoms with Gasteiger partial charge < -0.3 is 9.73 Å². The van der Waals surface area contributed by atoms with Gasteiger partial charge in [-0.15, -0.1) is 0 Å². The third-order valence-corrected chi connectivity index (χ3v) is 4.56. The molecule has 1 aromatic carbocycles. The summed E-state index contributed by atoms with van der Waals surface area (Å²) in [5.74, 6) is 0.617. The molecule has 0 radical (unpaired) electrons. The molecule has 1 fully saturated rings. The smallest absolute Gasteiger partial charge is 0.273 e. The highest BCUT2D eigenvalue weighted by Crippen LogP contribution is 2.29. The fourth-order valence-electron chi connectivity index (χ4n) is 3.34. The average molecular weight is 316 g/mol. The van der Waals surface area contributed by atoms with Gasteiger partial charge in [-0.3, -0.25) is 4.79 Å². The molecule has 122 valence electrons. The highest BCUT2D eigenvalue weighted by atomic mass is 19.1. The second kappa shape index (κ2) is 6.94. The van der Waals surface area contributed by atoms with Gasteiger partial charge in [0, 0.05) is 12.5 Å². The van der Waals surface area contributed by atoms with Crippen LogP contribution in [0.1, 0.15) is 48.0 Å². The van der Waals surface area contributed by atoms with Crippen LogP contribution in [0.2, 0.25) is 0 Å². The molecule has 1 amide bonds. The first kappa shape index (κ1) is 15.7. The van der Waals surface area contributed by atoms with Crippen molar-refractivity contribution in [2.24, 2.45) is 5.92 Å². The molecule has 1 saturated carbocycles. The Labute approximate surface area is 135 Å². The third-order valence-electron chi connectivity index (χ3n) is 4.56. The molecule has 2 atom stereocenters. The number of hydrogen-bond donors (Lipinski definition) is 1. The first-order valence-corrected chi connectivity index (χ1v) is 8.15. The number of aromatic nitrogens is 1. The topological polar surface area (TPSA) is 55.1 Å². The van der Waals surface area contributed by atoms with Crippen molar-refractivity contribution in [3.8, 4) is 0 Å². The van der Waals surface area contributed by atoms with Gasteiger partial charge in [-0.2, -0.15) is 0 Å². The lowest BCUT2D eigenvalue weighted by atomic mass is 9.94. The summed E-state index contributed by atoms with van der Waals surface area (Å²) in [5.41, 5.74) is 1.49. The quantitative estimate of drug-likeness (QED) is 0.918. The number of carbonyl (C=O) groups excluding carboxylic acids is 1. The van der Waals surface area contributed by atoms with Gasteiger partial charge in [0.05, 0.1) is 0 Å². The number of oxazole rings is 1. The van der Waals surface area contributed by atoms with Crippen LogP contribution >= 0.6 is 0 Å². The van der Waals surface area contributed by atoms with Crippen molar-refractivity contribution in [1.82, 2.24) is 10.3 Å². The van der Waals surface area contributed by atoms with Gasteiger partial charge in [-0.1, -0.05) is 25.5 Å². The van der Waals surface area contributed by atoms with Crippen molar-refractivity contribution in [2.45, 2.75) is 45.1 Å². The molecule has 4 nitrogen and oxygen atoms in total. The van der Waals surface area contributed by atoms with E-state index in [-0.39, 0.29) is 17.8 Å². The van der Waals surface area contributed by atoms with Crippen molar-refractivity contribution in [3.05, 3.63) is 53.5 Å². The first-order valence-electron chi connectivity index (χ1n) is 8.15. The van der Waals surface area contributed by atoms with Gasteiger partial charge in [0.15, 0.2) is 12.1 Å². The zero-order valence-corrected chi connectivity index (χ0v) is 13.2. The molecule has 0 unspecified atom stereocenters. The lowest BCUT2D eigenvalue weighted by Gasteiger charge is -2.21. The van der Waals surface area contributed by atoms with E-state index in [2.05, 4.69) is 10.3 Å². The lowest BCUT2D eigenvalue weighted by Crippen LogP contribution is -2.38. The standard InChI is InChI=1S/C18H21FN2O2/c1-2-16-17(20-11-23-16)18(22)21-15-5-3-4-13(15)10-12-6-8-14(19)9-7-12/h6-9,11,13,15H,2-5,10H2,1H3,(H,21,22)/t13-,15-/m1/s1. The summed E-state index contributed by atoms with van der Waals surface area (Å²) in [4.78, 5) is 16.4. The lowest BCUT2D eigenvalue weighted by molar-refractivity contribution is 0.0921. The fraction of sp³-hybridized carbons (Fsp3) is 0.444. The number of carbonyl (C=O) groups is 1. The Bertz CT molecular complexity index is 666. The minimum absolute atomic E-state index is 0.133. The number of hydrogen-bond acceptors (Lipinski definition) is 3. The Morgan fingerprint density at radius 2 is 2.13 bits per heavy atom. The van der Waals surface area contributed by atoms with Crippen molar-refractivity contribution < 1.29 is 13.6 Å².